The first-order valence-corrected chi connectivity index (χ1v) is 10.1. The molecule has 2 rings (SSSR count). The Labute approximate surface area is 163 Å². The predicted octanol–water partition coefficient (Wildman–Crippen LogP) is 2.76. The van der Waals surface area contributed by atoms with Gasteiger partial charge in [-0.2, -0.15) is 0 Å². The van der Waals surface area contributed by atoms with E-state index < -0.39 is 0 Å². The Morgan fingerprint density at radius 3 is 2.52 bits per heavy atom. The largest absolute Gasteiger partial charge is 0.493 e. The van der Waals surface area contributed by atoms with Crippen LogP contribution in [0.15, 0.2) is 29.3 Å². The van der Waals surface area contributed by atoms with Crippen LogP contribution in [0.2, 0.25) is 0 Å². The van der Waals surface area contributed by atoms with Crippen molar-refractivity contribution in [2.45, 2.75) is 32.6 Å². The van der Waals surface area contributed by atoms with E-state index in [1.165, 1.54) is 5.56 Å². The van der Waals surface area contributed by atoms with Crippen molar-refractivity contribution in [1.29, 1.82) is 0 Å². The summed E-state index contributed by atoms with van der Waals surface area (Å²) in [7, 11) is 1.79. The number of nitrogens with one attached hydrogen (secondary N) is 2. The fourth-order valence-corrected chi connectivity index (χ4v) is 2.94. The topological polar surface area (TPSA) is 64.1 Å². The van der Waals surface area contributed by atoms with Crippen molar-refractivity contribution >= 4 is 5.96 Å². The van der Waals surface area contributed by atoms with Crippen LogP contribution in [-0.2, 0) is 9.47 Å². The van der Waals surface area contributed by atoms with Crippen molar-refractivity contribution in [2.75, 3.05) is 53.2 Å². The van der Waals surface area contributed by atoms with Crippen molar-refractivity contribution in [1.82, 2.24) is 10.6 Å². The summed E-state index contributed by atoms with van der Waals surface area (Å²) in [5.74, 6) is 2.46. The second-order valence-electron chi connectivity index (χ2n) is 6.88. The lowest BCUT2D eigenvalue weighted by Gasteiger charge is -2.21. The van der Waals surface area contributed by atoms with E-state index in [1.54, 1.807) is 7.05 Å². The van der Waals surface area contributed by atoms with Crippen LogP contribution in [0, 0.1) is 12.8 Å². The zero-order chi connectivity index (χ0) is 19.2. The molecule has 0 aromatic heterocycles. The van der Waals surface area contributed by atoms with Gasteiger partial charge in [0.25, 0.3) is 0 Å². The Morgan fingerprint density at radius 1 is 1.11 bits per heavy atom. The Morgan fingerprint density at radius 2 is 1.81 bits per heavy atom. The summed E-state index contributed by atoms with van der Waals surface area (Å²) in [4.78, 5) is 4.25. The highest BCUT2D eigenvalue weighted by atomic mass is 16.5. The summed E-state index contributed by atoms with van der Waals surface area (Å²) in [6, 6.07) is 8.09. The van der Waals surface area contributed by atoms with Gasteiger partial charge < -0.3 is 24.8 Å². The third-order valence-corrected chi connectivity index (χ3v) is 4.64. The molecule has 0 aliphatic carbocycles. The second-order valence-corrected chi connectivity index (χ2v) is 6.88. The van der Waals surface area contributed by atoms with Gasteiger partial charge in [-0.25, -0.2) is 0 Å². The number of nitrogens with zero attached hydrogens (tertiary/aromatic N) is 1. The van der Waals surface area contributed by atoms with Crippen molar-refractivity contribution in [3.63, 3.8) is 0 Å². The highest BCUT2D eigenvalue weighted by Crippen LogP contribution is 2.16. The van der Waals surface area contributed by atoms with Gasteiger partial charge >= 0.3 is 0 Å². The van der Waals surface area contributed by atoms with Crippen LogP contribution in [-0.4, -0.2) is 59.1 Å². The van der Waals surface area contributed by atoms with Crippen molar-refractivity contribution in [3.05, 3.63) is 29.8 Å². The molecule has 6 heteroatoms. The van der Waals surface area contributed by atoms with E-state index in [-0.39, 0.29) is 0 Å². The third-order valence-electron chi connectivity index (χ3n) is 4.64. The number of aliphatic imine (C=N–C) groups is 1. The zero-order valence-electron chi connectivity index (χ0n) is 16.8. The first-order valence-electron chi connectivity index (χ1n) is 10.1. The first-order chi connectivity index (χ1) is 13.3. The summed E-state index contributed by atoms with van der Waals surface area (Å²) < 4.78 is 16.9. The molecule has 0 atom stereocenters. The van der Waals surface area contributed by atoms with Crippen LogP contribution >= 0.6 is 0 Å². The average Bonchev–Trinajstić information content (AvgIpc) is 2.70. The van der Waals surface area contributed by atoms with E-state index in [2.05, 4.69) is 28.6 Å². The molecule has 1 saturated heterocycles. The van der Waals surface area contributed by atoms with Crippen LogP contribution in [0.25, 0.3) is 0 Å². The lowest BCUT2D eigenvalue weighted by molar-refractivity contribution is 0.0203. The van der Waals surface area contributed by atoms with E-state index in [0.29, 0.717) is 12.5 Å². The fourth-order valence-electron chi connectivity index (χ4n) is 2.94. The number of para-hydroxylation sites is 1. The molecule has 0 unspecified atom stereocenters. The number of hydrogen-bond acceptors (Lipinski definition) is 4. The van der Waals surface area contributed by atoms with E-state index in [4.69, 9.17) is 14.2 Å². The van der Waals surface area contributed by atoms with Gasteiger partial charge in [0.15, 0.2) is 5.96 Å². The molecule has 1 aromatic rings. The summed E-state index contributed by atoms with van der Waals surface area (Å²) >= 11 is 0. The molecule has 0 radical (unpaired) electrons. The highest BCUT2D eigenvalue weighted by Gasteiger charge is 2.13. The van der Waals surface area contributed by atoms with Crippen molar-refractivity contribution in [3.8, 4) is 5.75 Å². The van der Waals surface area contributed by atoms with Gasteiger partial charge in [-0.05, 0) is 50.2 Å². The zero-order valence-corrected chi connectivity index (χ0v) is 16.8. The number of guanidine groups is 1. The monoisotopic (exact) mass is 377 g/mol. The minimum atomic E-state index is 0.669. The first kappa shape index (κ1) is 21.5. The van der Waals surface area contributed by atoms with Gasteiger partial charge in [-0.3, -0.25) is 4.99 Å². The van der Waals surface area contributed by atoms with Gasteiger partial charge in [0.1, 0.15) is 5.75 Å². The standard InChI is InChI=1S/C21H35N3O3/c1-18-7-3-4-8-20(18)27-14-6-12-24-21(22-2)23-11-5-13-26-17-19-9-15-25-16-10-19/h3-4,7-8,19H,5-6,9-17H2,1-2H3,(H2,22,23,24). The highest BCUT2D eigenvalue weighted by molar-refractivity contribution is 5.79. The Hall–Kier alpha value is -1.79. The minimum absolute atomic E-state index is 0.669. The fraction of sp³-hybridized carbons (Fsp3) is 0.667. The third kappa shape index (κ3) is 9.11. The van der Waals surface area contributed by atoms with Crippen LogP contribution < -0.4 is 15.4 Å². The van der Waals surface area contributed by atoms with Gasteiger partial charge in [-0.15, -0.1) is 0 Å². The van der Waals surface area contributed by atoms with Crippen LogP contribution in [0.1, 0.15) is 31.2 Å². The van der Waals surface area contributed by atoms with Gasteiger partial charge in [0, 0.05) is 46.6 Å². The van der Waals surface area contributed by atoms with E-state index in [0.717, 1.165) is 76.9 Å². The summed E-state index contributed by atoms with van der Waals surface area (Å²) in [5, 5.41) is 6.64. The number of rotatable bonds is 11. The molecule has 0 bridgehead atoms. The lowest BCUT2D eigenvalue weighted by atomic mass is 10.0. The summed E-state index contributed by atoms with van der Waals surface area (Å²) in [6.45, 7) is 7.84. The van der Waals surface area contributed by atoms with E-state index in [1.807, 2.05) is 18.2 Å². The number of ether oxygens (including phenoxy) is 3. The molecule has 6 nitrogen and oxygen atoms in total. The van der Waals surface area contributed by atoms with Crippen molar-refractivity contribution in [2.24, 2.45) is 10.9 Å². The lowest BCUT2D eigenvalue weighted by Crippen LogP contribution is -2.38. The van der Waals surface area contributed by atoms with Gasteiger partial charge in [0.2, 0.25) is 0 Å². The number of aryl methyl sites for hydroxylation is 1. The molecular weight excluding hydrogens is 342 g/mol. The molecule has 152 valence electrons. The van der Waals surface area contributed by atoms with Crippen LogP contribution in [0.4, 0.5) is 0 Å². The minimum Gasteiger partial charge on any atom is -0.493 e. The molecule has 1 heterocycles. The molecule has 27 heavy (non-hydrogen) atoms. The molecule has 1 aliphatic rings. The maximum atomic E-state index is 5.80. The summed E-state index contributed by atoms with van der Waals surface area (Å²) in [5.41, 5.74) is 1.17. The Balaban J connectivity index is 1.45. The molecule has 0 amide bonds. The van der Waals surface area contributed by atoms with Crippen LogP contribution in [0.3, 0.4) is 0 Å². The molecule has 1 aliphatic heterocycles. The molecular formula is C21H35N3O3. The quantitative estimate of drug-likeness (QED) is 0.353. The van der Waals surface area contributed by atoms with Crippen molar-refractivity contribution < 1.29 is 14.2 Å². The second kappa shape index (κ2) is 13.4. The van der Waals surface area contributed by atoms with Gasteiger partial charge in [0.05, 0.1) is 6.61 Å². The van der Waals surface area contributed by atoms with E-state index in [9.17, 15) is 0 Å². The molecule has 2 N–H and O–H groups in total. The molecule has 1 fully saturated rings. The molecule has 0 saturated carbocycles. The predicted molar refractivity (Wildman–Crippen MR) is 110 cm³/mol. The smallest absolute Gasteiger partial charge is 0.190 e. The van der Waals surface area contributed by atoms with Gasteiger partial charge in [-0.1, -0.05) is 18.2 Å². The van der Waals surface area contributed by atoms with E-state index >= 15 is 0 Å². The summed E-state index contributed by atoms with van der Waals surface area (Å²) in [6.07, 6.45) is 4.15. The maximum Gasteiger partial charge on any atom is 0.190 e. The molecule has 1 aromatic carbocycles. The number of hydrogen-bond donors (Lipinski definition) is 2. The molecule has 0 spiro atoms. The Kier molecular flexibility index (Phi) is 10.7. The normalized spacial score (nSPS) is 15.6. The Bertz CT molecular complexity index is 545. The number of benzene rings is 1. The maximum absolute atomic E-state index is 5.80. The SMILES string of the molecule is CN=C(NCCCOCC1CCOCC1)NCCCOc1ccccc1C. The van der Waals surface area contributed by atoms with Crippen LogP contribution in [0.5, 0.6) is 5.75 Å². The average molecular weight is 378 g/mol.